The van der Waals surface area contributed by atoms with Crippen LogP contribution in [0.5, 0.6) is 0 Å². The topological polar surface area (TPSA) is 37.0 Å². The Balaban J connectivity index is 1.79. The highest BCUT2D eigenvalue weighted by Crippen LogP contribution is 2.21. The molecular weight excluding hydrogens is 326 g/mol. The minimum atomic E-state index is -0.0291. The molecule has 1 atom stereocenters. The summed E-state index contributed by atoms with van der Waals surface area (Å²) in [4.78, 5) is 4.11. The highest BCUT2D eigenvalue weighted by atomic mass is 32.1. The van der Waals surface area contributed by atoms with Crippen LogP contribution in [0.15, 0.2) is 79.1 Å². The number of aromatic nitrogens is 1. The highest BCUT2D eigenvalue weighted by Gasteiger charge is 2.15. The maximum absolute atomic E-state index is 5.55. The maximum Gasteiger partial charge on any atom is 0.171 e. The molecule has 2 aromatic carbocycles. The van der Waals surface area contributed by atoms with Gasteiger partial charge in [0.15, 0.2) is 5.11 Å². The highest BCUT2D eigenvalue weighted by molar-refractivity contribution is 7.80. The molecule has 0 saturated heterocycles. The molecule has 0 bridgehead atoms. The van der Waals surface area contributed by atoms with E-state index in [4.69, 9.17) is 12.2 Å². The summed E-state index contributed by atoms with van der Waals surface area (Å²) in [6.07, 6.45) is 4.60. The van der Waals surface area contributed by atoms with E-state index in [1.165, 1.54) is 5.56 Å². The number of benzene rings is 2. The van der Waals surface area contributed by atoms with Crippen LogP contribution in [0.25, 0.3) is 0 Å². The smallest absolute Gasteiger partial charge is 0.171 e. The quantitative estimate of drug-likeness (QED) is 0.655. The third-order valence-electron chi connectivity index (χ3n) is 4.04. The Morgan fingerprint density at radius 3 is 2.40 bits per heavy atom. The molecule has 2 N–H and O–H groups in total. The molecule has 3 aromatic rings. The number of hydrogen-bond donors (Lipinski definition) is 2. The molecule has 0 unspecified atom stereocenters. The lowest BCUT2D eigenvalue weighted by Gasteiger charge is -2.22. The molecule has 3 nitrogen and oxygen atoms in total. The van der Waals surface area contributed by atoms with Crippen LogP contribution in [0.2, 0.25) is 0 Å². The van der Waals surface area contributed by atoms with Gasteiger partial charge in [-0.1, -0.05) is 49.4 Å². The second-order valence-electron chi connectivity index (χ2n) is 5.78. The number of anilines is 1. The molecule has 0 aliphatic carbocycles. The van der Waals surface area contributed by atoms with E-state index in [2.05, 4.69) is 46.8 Å². The summed E-state index contributed by atoms with van der Waals surface area (Å²) in [5.74, 6) is 0. The van der Waals surface area contributed by atoms with E-state index in [0.29, 0.717) is 5.11 Å². The average molecular weight is 347 g/mol. The Morgan fingerprint density at radius 2 is 1.68 bits per heavy atom. The van der Waals surface area contributed by atoms with E-state index in [9.17, 15) is 0 Å². The number of pyridine rings is 1. The number of hydrogen-bond acceptors (Lipinski definition) is 2. The zero-order valence-electron chi connectivity index (χ0n) is 14.1. The van der Waals surface area contributed by atoms with Gasteiger partial charge in [0.25, 0.3) is 0 Å². The largest absolute Gasteiger partial charge is 0.352 e. The van der Waals surface area contributed by atoms with Crippen LogP contribution in [0.3, 0.4) is 0 Å². The molecule has 3 rings (SSSR count). The van der Waals surface area contributed by atoms with Crippen LogP contribution in [-0.2, 0) is 6.42 Å². The predicted octanol–water partition coefficient (Wildman–Crippen LogP) is 4.72. The van der Waals surface area contributed by atoms with Crippen LogP contribution in [0.1, 0.15) is 29.7 Å². The molecular formula is C21H21N3S. The van der Waals surface area contributed by atoms with Gasteiger partial charge in [-0.05, 0) is 59.6 Å². The average Bonchev–Trinajstić information content (AvgIpc) is 2.67. The fraction of sp³-hybridized carbons (Fsp3) is 0.143. The van der Waals surface area contributed by atoms with Gasteiger partial charge in [0.2, 0.25) is 0 Å². The minimum Gasteiger partial charge on any atom is -0.352 e. The molecule has 0 saturated carbocycles. The van der Waals surface area contributed by atoms with Crippen molar-refractivity contribution in [3.63, 3.8) is 0 Å². The fourth-order valence-corrected chi connectivity index (χ4v) is 2.96. The molecule has 4 heteroatoms. The number of nitrogens with one attached hydrogen (secondary N) is 2. The van der Waals surface area contributed by atoms with Gasteiger partial charge in [0.05, 0.1) is 6.04 Å². The molecule has 0 fully saturated rings. The van der Waals surface area contributed by atoms with Crippen LogP contribution >= 0.6 is 12.2 Å². The molecule has 1 heterocycles. The van der Waals surface area contributed by atoms with Crippen molar-refractivity contribution in [2.24, 2.45) is 0 Å². The Morgan fingerprint density at radius 1 is 0.960 bits per heavy atom. The second-order valence-corrected chi connectivity index (χ2v) is 6.18. The predicted molar refractivity (Wildman–Crippen MR) is 108 cm³/mol. The van der Waals surface area contributed by atoms with Crippen molar-refractivity contribution < 1.29 is 0 Å². The van der Waals surface area contributed by atoms with E-state index < -0.39 is 0 Å². The summed E-state index contributed by atoms with van der Waals surface area (Å²) in [6.45, 7) is 2.14. The van der Waals surface area contributed by atoms with Gasteiger partial charge in [0.1, 0.15) is 0 Å². The molecule has 0 amide bonds. The van der Waals surface area contributed by atoms with Crippen molar-refractivity contribution in [3.05, 3.63) is 95.8 Å². The van der Waals surface area contributed by atoms with E-state index in [0.717, 1.165) is 23.2 Å². The van der Waals surface area contributed by atoms with Gasteiger partial charge < -0.3 is 10.6 Å². The van der Waals surface area contributed by atoms with Crippen LogP contribution < -0.4 is 10.6 Å². The van der Waals surface area contributed by atoms with Crippen molar-refractivity contribution in [1.29, 1.82) is 0 Å². The van der Waals surface area contributed by atoms with Gasteiger partial charge >= 0.3 is 0 Å². The minimum absolute atomic E-state index is 0.0291. The molecule has 1 aromatic heterocycles. The first-order valence-corrected chi connectivity index (χ1v) is 8.78. The Hall–Kier alpha value is -2.72. The van der Waals surface area contributed by atoms with Crippen molar-refractivity contribution in [2.75, 3.05) is 5.32 Å². The standard InChI is InChI=1S/C21H21N3S/c1-2-16-7-6-10-19(15-16)23-21(25)24-20(17-8-4-3-5-9-17)18-11-13-22-14-12-18/h3-15,20H,2H2,1H3,(H2,23,24,25)/t20-/m1/s1. The Labute approximate surface area is 154 Å². The van der Waals surface area contributed by atoms with E-state index in [-0.39, 0.29) is 6.04 Å². The molecule has 126 valence electrons. The summed E-state index contributed by atoms with van der Waals surface area (Å²) in [6, 6.07) is 22.6. The van der Waals surface area contributed by atoms with E-state index in [1.807, 2.05) is 42.5 Å². The van der Waals surface area contributed by atoms with Crippen molar-refractivity contribution in [1.82, 2.24) is 10.3 Å². The SMILES string of the molecule is CCc1cccc(NC(=S)N[C@H](c2ccccc2)c2ccncc2)c1. The molecule has 0 radical (unpaired) electrons. The van der Waals surface area contributed by atoms with Gasteiger partial charge in [-0.3, -0.25) is 4.98 Å². The summed E-state index contributed by atoms with van der Waals surface area (Å²) in [5, 5.41) is 7.32. The summed E-state index contributed by atoms with van der Waals surface area (Å²) >= 11 is 5.55. The van der Waals surface area contributed by atoms with Gasteiger partial charge in [-0.2, -0.15) is 0 Å². The second kappa shape index (κ2) is 8.40. The summed E-state index contributed by atoms with van der Waals surface area (Å²) in [7, 11) is 0. The summed E-state index contributed by atoms with van der Waals surface area (Å²) in [5.41, 5.74) is 4.55. The monoisotopic (exact) mass is 347 g/mol. The van der Waals surface area contributed by atoms with Gasteiger partial charge in [0, 0.05) is 18.1 Å². The summed E-state index contributed by atoms with van der Waals surface area (Å²) < 4.78 is 0. The third kappa shape index (κ3) is 4.64. The molecule has 0 spiro atoms. The fourth-order valence-electron chi connectivity index (χ4n) is 2.73. The van der Waals surface area contributed by atoms with E-state index in [1.54, 1.807) is 12.4 Å². The van der Waals surface area contributed by atoms with Crippen LogP contribution in [0, 0.1) is 0 Å². The Bertz CT molecular complexity index is 779. The lowest BCUT2D eigenvalue weighted by Crippen LogP contribution is -2.33. The number of rotatable bonds is 5. The number of thiocarbonyl (C=S) groups is 1. The van der Waals surface area contributed by atoms with E-state index >= 15 is 0 Å². The van der Waals surface area contributed by atoms with Crippen LogP contribution in [0.4, 0.5) is 5.69 Å². The zero-order chi connectivity index (χ0) is 17.5. The van der Waals surface area contributed by atoms with Crippen molar-refractivity contribution in [3.8, 4) is 0 Å². The lowest BCUT2D eigenvalue weighted by molar-refractivity contribution is 0.767. The lowest BCUT2D eigenvalue weighted by atomic mass is 10.00. The molecule has 25 heavy (non-hydrogen) atoms. The van der Waals surface area contributed by atoms with Gasteiger partial charge in [-0.25, -0.2) is 0 Å². The normalized spacial score (nSPS) is 11.6. The first-order valence-electron chi connectivity index (χ1n) is 8.37. The molecule has 0 aliphatic rings. The van der Waals surface area contributed by atoms with Gasteiger partial charge in [-0.15, -0.1) is 0 Å². The number of nitrogens with zero attached hydrogens (tertiary/aromatic N) is 1. The maximum atomic E-state index is 5.55. The van der Waals surface area contributed by atoms with Crippen LogP contribution in [-0.4, -0.2) is 10.1 Å². The van der Waals surface area contributed by atoms with Crippen molar-refractivity contribution in [2.45, 2.75) is 19.4 Å². The zero-order valence-corrected chi connectivity index (χ0v) is 15.0. The Kier molecular flexibility index (Phi) is 5.75. The number of aryl methyl sites for hydroxylation is 1. The first-order chi connectivity index (χ1) is 12.3. The van der Waals surface area contributed by atoms with Crippen molar-refractivity contribution >= 4 is 23.0 Å². The first kappa shape index (κ1) is 17.1. The molecule has 0 aliphatic heterocycles. The third-order valence-corrected chi connectivity index (χ3v) is 4.26.